The maximum absolute atomic E-state index is 13.5. The molecule has 3 aliphatic heterocycles. The summed E-state index contributed by atoms with van der Waals surface area (Å²) in [6.45, 7) is 8.03. The Labute approximate surface area is 719 Å². The van der Waals surface area contributed by atoms with E-state index in [4.69, 9.17) is 50.6 Å². The molecule has 16 rings (SSSR count). The molecule has 9 heterocycles. The molecule has 3 aliphatic rings. The molecule has 3 atom stereocenters. The molecule has 0 radical (unpaired) electrons. The number of benzene rings is 7. The number of aliphatic hydroxyl groups excluding tert-OH is 2. The summed E-state index contributed by atoms with van der Waals surface area (Å²) in [7, 11) is 8.08. The van der Waals surface area contributed by atoms with E-state index in [0.717, 1.165) is 77.0 Å². The molecule has 608 valence electrons. The molecule has 0 aliphatic carbocycles. The van der Waals surface area contributed by atoms with Crippen molar-refractivity contribution in [2.75, 3.05) is 25.6 Å². The third kappa shape index (κ3) is 19.3. The monoisotopic (exact) mass is 1720 g/mol. The number of hydrogen-bond donors (Lipinski definition) is 5. The molecule has 32 heteroatoms. The summed E-state index contributed by atoms with van der Waals surface area (Å²) in [6.07, 6.45) is 2.21. The molecule has 1 amide bonds. The van der Waals surface area contributed by atoms with Gasteiger partial charge in [0, 0.05) is 117 Å². The van der Waals surface area contributed by atoms with E-state index < -0.39 is 58.2 Å². The maximum atomic E-state index is 13.5. The number of carbonyl (C=O) groups excluding carboxylic acids is 3. The molecule has 13 aromatic rings. The van der Waals surface area contributed by atoms with Gasteiger partial charge in [0.05, 0.1) is 84.4 Å². The summed E-state index contributed by atoms with van der Waals surface area (Å²) in [5.41, 5.74) is 11.5. The molecule has 6 aromatic heterocycles. The first-order chi connectivity index (χ1) is 56.3. The van der Waals surface area contributed by atoms with Crippen LogP contribution in [0.3, 0.4) is 0 Å². The standard InChI is InChI=1S/C24H26FNO4.C20H16N2O4.C19H16ClNO4.C16H13ClN2O.C8H10N4O2.AsHO2.Na/c1-15(2)26-21-6-4-3-5-20(21)24(16-7-9-17(25)10-8-16)22(26)12-11-18(27)13-19(28)14-23(29)30;1-2-20(25)14-8-16-17-12(7-11-5-3-4-6-15(11)21-17)9-22(16)18(23)13(14)10-26-19(20)24;1-11-15(10-18(22)23)16-9-14(25-2)7-8-17(16)21(11)19(24)12-3-5-13(20)6-4-12;1-19-14-8-7-12(17)9-13(14)16(18-10-15(19)20)11-5-3-2-4-6-11;1-10-4-9-6-5(10)7(13)12(3)8(14)11(6)2;2-1-3;/h3-12,15,18-19,27-28H,13-14H2,1-2H3,(H,29,30);3-8,25H,2,9-10H2,1H3;3-9H,10H2,1-2H3,(H,22,23);2-9H,10H2,1H3;4H,1-3H3;(H,2,3);/q;;;;;;+1/p-1/b12-11+;;;;;;/t18-,19-;20-;;;;;/m10...../s1. The Balaban J connectivity index is 0.000000157. The first-order valence-electron chi connectivity index (χ1n) is 36.9. The van der Waals surface area contributed by atoms with Crippen LogP contribution in [0.5, 0.6) is 5.75 Å². The minimum absolute atomic E-state index is 0. The van der Waals surface area contributed by atoms with Gasteiger partial charge < -0.3 is 53.6 Å². The van der Waals surface area contributed by atoms with Gasteiger partial charge >= 0.3 is 77.0 Å². The Bertz CT molecular complexity index is 6320. The Morgan fingerprint density at radius 3 is 2.10 bits per heavy atom. The second kappa shape index (κ2) is 39.0. The number of rotatable bonds is 14. The number of hydrogen-bond acceptors (Lipinski definition) is 18. The molecule has 0 saturated heterocycles. The quantitative estimate of drug-likeness (QED) is 0.0507. The number of nitrogens with zero attached hydrogens (tertiary/aromatic N) is 10. The van der Waals surface area contributed by atoms with E-state index in [0.29, 0.717) is 78.0 Å². The number of aryl methyl sites for hydroxylation is 2. The van der Waals surface area contributed by atoms with Gasteiger partial charge in [-0.3, -0.25) is 47.5 Å². The molecule has 119 heavy (non-hydrogen) atoms. The number of aromatic nitrogens is 8. The molecular formula is C87H81AsCl2FN10NaO17. The molecular weight excluding hydrogens is 1640 g/mol. The van der Waals surface area contributed by atoms with E-state index in [1.54, 1.807) is 135 Å². The van der Waals surface area contributed by atoms with Crippen molar-refractivity contribution in [3.63, 3.8) is 0 Å². The van der Waals surface area contributed by atoms with Crippen LogP contribution in [0.4, 0.5) is 10.1 Å². The number of halogens is 3. The normalized spacial score (nSPS) is 14.2. The number of pyridine rings is 2. The van der Waals surface area contributed by atoms with Gasteiger partial charge in [-0.1, -0.05) is 115 Å². The van der Waals surface area contributed by atoms with Crippen molar-refractivity contribution >= 4 is 130 Å². The molecule has 7 aromatic carbocycles. The number of aliphatic imine (C=N–C) groups is 1. The van der Waals surface area contributed by atoms with Gasteiger partial charge in [-0.15, -0.1) is 0 Å². The van der Waals surface area contributed by atoms with Crippen molar-refractivity contribution in [2.45, 2.75) is 90.4 Å². The van der Waals surface area contributed by atoms with Gasteiger partial charge in [0.1, 0.15) is 24.7 Å². The van der Waals surface area contributed by atoms with Crippen LogP contribution >= 0.6 is 23.2 Å². The number of imidazole rings is 1. The van der Waals surface area contributed by atoms with Gasteiger partial charge in [0.25, 0.3) is 17.0 Å². The van der Waals surface area contributed by atoms with Gasteiger partial charge in [-0.25, -0.2) is 23.9 Å². The summed E-state index contributed by atoms with van der Waals surface area (Å²) in [4.78, 5) is 110. The largest absolute Gasteiger partial charge is 1.00 e. The molecule has 0 bridgehead atoms. The molecule has 0 spiro atoms. The fourth-order valence-corrected chi connectivity index (χ4v) is 14.7. The maximum Gasteiger partial charge on any atom is 1.00 e. The third-order valence-corrected chi connectivity index (χ3v) is 20.8. The zero-order valence-corrected chi connectivity index (χ0v) is 71.7. The number of cyclic esters (lactones) is 1. The summed E-state index contributed by atoms with van der Waals surface area (Å²) in [5, 5.41) is 52.8. The number of para-hydroxylation sites is 2. The van der Waals surface area contributed by atoms with Crippen LogP contribution in [0.25, 0.3) is 72.5 Å². The van der Waals surface area contributed by atoms with E-state index in [9.17, 15) is 63.2 Å². The SMILES string of the molecule is CC(C)n1c(/C=C/[C@@H](O)C[C@@H](O)CC(=O)O)c(-c2ccc(F)cc2)c2ccccc21.CC[C@@]1(O)C(=O)OCc2c1cc1n(c2=O)Cc2cc3ccccc3nc2-1.CN1C(=O)CN=C(c2ccccc2)c2cc(Cl)ccc21.COc1ccc2c(c1)c(CC(=O)O)c(C)n2C(=O)c1ccc(Cl)cc1.Cn1c(=O)c2c(ncn2C)n(C)c1=O.O=[As][O-].[Na+]. The minimum Gasteiger partial charge on any atom is 1.00 e. The Kier molecular flexibility index (Phi) is 29.5. The van der Waals surface area contributed by atoms with Crippen LogP contribution in [0.1, 0.15) is 101 Å². The van der Waals surface area contributed by atoms with Crippen molar-refractivity contribution in [2.24, 2.45) is 26.1 Å². The zero-order valence-electron chi connectivity index (χ0n) is 66.3. The van der Waals surface area contributed by atoms with Crippen LogP contribution < -0.4 is 60.1 Å². The average Bonchev–Trinajstić information content (AvgIpc) is 1.63. The number of methoxy groups -OCH3 is 1. The van der Waals surface area contributed by atoms with Gasteiger partial charge in [0.2, 0.25) is 5.91 Å². The number of esters is 1. The Morgan fingerprint density at radius 2 is 1.44 bits per heavy atom. The number of benzodiazepines with no additional fused rings is 1. The molecule has 0 fully saturated rings. The van der Waals surface area contributed by atoms with Crippen molar-refractivity contribution in [3.05, 3.63) is 286 Å². The van der Waals surface area contributed by atoms with Crippen molar-refractivity contribution < 1.29 is 101 Å². The van der Waals surface area contributed by atoms with Gasteiger partial charge in [-0.05, 0) is 141 Å². The topological polar surface area (TPSA) is 367 Å². The fraction of sp³-hybridized carbons (Fsp3) is 0.230. The number of amides is 1. The number of ether oxygens (including phenoxy) is 2. The number of carboxylic acids is 2. The van der Waals surface area contributed by atoms with Gasteiger partial charge in [-0.2, -0.15) is 0 Å². The van der Waals surface area contributed by atoms with Crippen LogP contribution in [0.15, 0.2) is 208 Å². The average molecular weight is 1730 g/mol. The van der Waals surface area contributed by atoms with Crippen molar-refractivity contribution in [1.29, 1.82) is 0 Å². The summed E-state index contributed by atoms with van der Waals surface area (Å²) >= 11 is 10.2. The first-order valence-corrected chi connectivity index (χ1v) is 39.2. The number of anilines is 1. The Morgan fingerprint density at radius 1 is 0.773 bits per heavy atom. The van der Waals surface area contributed by atoms with E-state index in [-0.39, 0.29) is 102 Å². The number of fused-ring (bicyclic) bond motifs is 9. The van der Waals surface area contributed by atoms with Crippen LogP contribution in [0.2, 0.25) is 10.0 Å². The molecule has 0 saturated carbocycles. The molecule has 27 nitrogen and oxygen atoms in total. The molecule has 5 N–H and O–H groups in total. The van der Waals surface area contributed by atoms with E-state index in [1.165, 1.54) is 34.6 Å². The van der Waals surface area contributed by atoms with Crippen molar-refractivity contribution in [3.8, 4) is 28.3 Å². The summed E-state index contributed by atoms with van der Waals surface area (Å²) in [5.74, 6) is -2.75. The number of likely N-dealkylation sites (N-methyl/N-ethyl adjacent to an activating group) is 1. The zero-order chi connectivity index (χ0) is 85.3. The summed E-state index contributed by atoms with van der Waals surface area (Å²) in [6, 6.07) is 53.1. The van der Waals surface area contributed by atoms with Crippen LogP contribution in [0, 0.1) is 12.7 Å². The second-order valence-electron chi connectivity index (χ2n) is 28.1. The third-order valence-electron chi connectivity index (χ3n) is 20.3. The minimum atomic E-state index is -1.81. The number of carboxylic acid groups (broad SMARTS) is 2. The van der Waals surface area contributed by atoms with E-state index >= 15 is 0 Å². The smallest absolute Gasteiger partial charge is 1.00 e. The summed E-state index contributed by atoms with van der Waals surface area (Å²) < 4.78 is 50.1. The van der Waals surface area contributed by atoms with Crippen molar-refractivity contribution in [1.82, 2.24) is 37.4 Å². The first kappa shape index (κ1) is 89.9. The fourth-order valence-electron chi connectivity index (χ4n) is 14.4. The van der Waals surface area contributed by atoms with Crippen LogP contribution in [-0.4, -0.2) is 147 Å². The number of carbonyl (C=O) groups is 5. The second-order valence-corrected chi connectivity index (χ2v) is 29.3. The van der Waals surface area contributed by atoms with Gasteiger partial charge in [0.15, 0.2) is 16.8 Å². The number of aliphatic carboxylic acids is 2. The van der Waals surface area contributed by atoms with E-state index in [2.05, 4.69) is 28.4 Å². The van der Waals surface area contributed by atoms with E-state index in [1.807, 2.05) is 97.1 Å². The number of aliphatic hydroxyl groups is 3. The Hall–Kier alpha value is -11.4. The predicted molar refractivity (Wildman–Crippen MR) is 445 cm³/mol. The van der Waals surface area contributed by atoms with Crippen LogP contribution in [-0.2, 0) is 74.0 Å². The predicted octanol–water partition coefficient (Wildman–Crippen LogP) is 8.07. The molecule has 0 unspecified atom stereocenters.